The lowest BCUT2D eigenvalue weighted by molar-refractivity contribution is 0.0968. The van der Waals surface area contributed by atoms with Gasteiger partial charge in [0.15, 0.2) is 0 Å². The van der Waals surface area contributed by atoms with E-state index in [-0.39, 0.29) is 5.41 Å². The molecule has 1 spiro atoms. The third kappa shape index (κ3) is 3.48. The summed E-state index contributed by atoms with van der Waals surface area (Å²) < 4.78 is 32.8. The smallest absolute Gasteiger partial charge is 0.281 e. The first-order chi connectivity index (χ1) is 10.2. The maximum Gasteiger partial charge on any atom is 0.281 e. The van der Waals surface area contributed by atoms with E-state index in [2.05, 4.69) is 18.7 Å². The third-order valence-electron chi connectivity index (χ3n) is 5.25. The Morgan fingerprint density at radius 3 is 2.32 bits per heavy atom. The molecule has 6 nitrogen and oxygen atoms in total. The van der Waals surface area contributed by atoms with Crippen molar-refractivity contribution < 1.29 is 13.2 Å². The van der Waals surface area contributed by atoms with E-state index in [1.54, 1.807) is 25.5 Å². The van der Waals surface area contributed by atoms with E-state index in [0.29, 0.717) is 25.2 Å². The molecular weight excluding hydrogens is 302 g/mol. The topological polar surface area (TPSA) is 53.1 Å². The molecule has 2 rings (SSSR count). The van der Waals surface area contributed by atoms with Gasteiger partial charge in [-0.25, -0.2) is 0 Å². The van der Waals surface area contributed by atoms with Gasteiger partial charge in [-0.15, -0.1) is 0 Å². The average molecular weight is 333 g/mol. The Morgan fingerprint density at radius 1 is 1.27 bits per heavy atom. The van der Waals surface area contributed by atoms with Crippen molar-refractivity contribution in [3.05, 3.63) is 0 Å². The lowest BCUT2D eigenvalue weighted by atomic mass is 9.77. The molecule has 2 saturated heterocycles. The van der Waals surface area contributed by atoms with Crippen molar-refractivity contribution in [1.82, 2.24) is 13.5 Å². The van der Waals surface area contributed by atoms with E-state index < -0.39 is 10.2 Å². The van der Waals surface area contributed by atoms with Crippen molar-refractivity contribution in [1.29, 1.82) is 0 Å². The van der Waals surface area contributed by atoms with Crippen LogP contribution in [0.15, 0.2) is 0 Å². The van der Waals surface area contributed by atoms with Gasteiger partial charge in [0.25, 0.3) is 10.2 Å². The van der Waals surface area contributed by atoms with Gasteiger partial charge in [-0.3, -0.25) is 4.90 Å². The van der Waals surface area contributed by atoms with Crippen LogP contribution in [0, 0.1) is 5.41 Å². The Bertz CT molecular complexity index is 470. The first kappa shape index (κ1) is 18.1. The molecule has 2 aliphatic rings. The van der Waals surface area contributed by atoms with Gasteiger partial charge in [0.05, 0.1) is 6.61 Å². The zero-order chi connectivity index (χ0) is 16.5. The van der Waals surface area contributed by atoms with Gasteiger partial charge in [-0.2, -0.15) is 17.0 Å². The SMILES string of the molecule is COCC1CC2(CCN(S(=O)(=O)N(C)C)CC2)CN1C(C)C. The van der Waals surface area contributed by atoms with Crippen molar-refractivity contribution in [2.45, 2.75) is 45.2 Å². The fourth-order valence-electron chi connectivity index (χ4n) is 3.93. The number of methoxy groups -OCH3 is 1. The minimum absolute atomic E-state index is 0.256. The molecule has 2 fully saturated rings. The van der Waals surface area contributed by atoms with Crippen molar-refractivity contribution in [2.24, 2.45) is 5.41 Å². The molecule has 0 radical (unpaired) electrons. The molecule has 1 unspecified atom stereocenters. The molecule has 130 valence electrons. The van der Waals surface area contributed by atoms with Crippen molar-refractivity contribution >= 4 is 10.2 Å². The molecule has 1 atom stereocenters. The first-order valence-electron chi connectivity index (χ1n) is 8.14. The summed E-state index contributed by atoms with van der Waals surface area (Å²) in [6.07, 6.45) is 3.02. The number of ether oxygens (including phenoxy) is 1. The van der Waals surface area contributed by atoms with Gasteiger partial charge in [-0.1, -0.05) is 0 Å². The molecule has 0 aromatic carbocycles. The zero-order valence-electron chi connectivity index (χ0n) is 14.6. The van der Waals surface area contributed by atoms with Gasteiger partial charge in [0.1, 0.15) is 0 Å². The summed E-state index contributed by atoms with van der Waals surface area (Å²) in [6.45, 7) is 7.55. The Hall–Kier alpha value is -0.210. The number of hydrogen-bond acceptors (Lipinski definition) is 4. The van der Waals surface area contributed by atoms with E-state index in [4.69, 9.17) is 4.74 Å². The number of rotatable bonds is 5. The average Bonchev–Trinajstić information content (AvgIpc) is 2.78. The summed E-state index contributed by atoms with van der Waals surface area (Å²) in [5.41, 5.74) is 0.256. The highest BCUT2D eigenvalue weighted by atomic mass is 32.2. The van der Waals surface area contributed by atoms with Crippen LogP contribution in [-0.2, 0) is 14.9 Å². The van der Waals surface area contributed by atoms with Gasteiger partial charge in [-0.05, 0) is 38.5 Å². The fraction of sp³-hybridized carbons (Fsp3) is 1.00. The van der Waals surface area contributed by atoms with E-state index >= 15 is 0 Å². The Kier molecular flexibility index (Phi) is 5.54. The second kappa shape index (κ2) is 6.73. The van der Waals surface area contributed by atoms with E-state index in [9.17, 15) is 8.42 Å². The molecule has 0 aromatic heterocycles. The third-order valence-corrected chi connectivity index (χ3v) is 7.19. The standard InChI is InChI=1S/C15H31N3O3S/c1-13(2)18-12-15(10-14(18)11-21-5)6-8-17(9-7-15)22(19,20)16(3)4/h13-14H,6-12H2,1-5H3. The minimum atomic E-state index is -3.27. The van der Waals surface area contributed by atoms with Crippen molar-refractivity contribution in [2.75, 3.05) is 47.4 Å². The quantitative estimate of drug-likeness (QED) is 0.753. The van der Waals surface area contributed by atoms with Crippen molar-refractivity contribution in [3.8, 4) is 0 Å². The number of nitrogens with zero attached hydrogens (tertiary/aromatic N) is 3. The maximum atomic E-state index is 12.2. The van der Waals surface area contributed by atoms with Crippen LogP contribution in [0.2, 0.25) is 0 Å². The first-order valence-corrected chi connectivity index (χ1v) is 9.54. The summed E-state index contributed by atoms with van der Waals surface area (Å²) in [5, 5.41) is 0. The van der Waals surface area contributed by atoms with Gasteiger partial charge >= 0.3 is 0 Å². The number of hydrogen-bond donors (Lipinski definition) is 0. The molecule has 0 aliphatic carbocycles. The fourth-order valence-corrected chi connectivity index (χ4v) is 5.04. The van der Waals surface area contributed by atoms with Gasteiger partial charge < -0.3 is 4.74 Å². The van der Waals surface area contributed by atoms with E-state index in [0.717, 1.165) is 32.4 Å². The molecule has 0 aromatic rings. The molecule has 7 heteroatoms. The van der Waals surface area contributed by atoms with Crippen LogP contribution in [0.4, 0.5) is 0 Å². The van der Waals surface area contributed by atoms with Crippen LogP contribution in [0.25, 0.3) is 0 Å². The zero-order valence-corrected chi connectivity index (χ0v) is 15.4. The molecule has 0 N–H and O–H groups in total. The van der Waals surface area contributed by atoms with Crippen LogP contribution in [0.3, 0.4) is 0 Å². The van der Waals surface area contributed by atoms with Gasteiger partial charge in [0.2, 0.25) is 0 Å². The monoisotopic (exact) mass is 333 g/mol. The van der Waals surface area contributed by atoms with Gasteiger partial charge in [0, 0.05) is 52.9 Å². The Morgan fingerprint density at radius 2 is 1.86 bits per heavy atom. The van der Waals surface area contributed by atoms with Crippen LogP contribution in [-0.4, -0.2) is 81.5 Å². The summed E-state index contributed by atoms with van der Waals surface area (Å²) in [7, 11) is 1.69. The van der Waals surface area contributed by atoms with Crippen LogP contribution < -0.4 is 0 Å². The predicted octanol–water partition coefficient (Wildman–Crippen LogP) is 1.00. The van der Waals surface area contributed by atoms with Crippen LogP contribution >= 0.6 is 0 Å². The summed E-state index contributed by atoms with van der Waals surface area (Å²) >= 11 is 0. The molecular formula is C15H31N3O3S. The molecule has 0 saturated carbocycles. The second-order valence-electron chi connectivity index (χ2n) is 7.27. The maximum absolute atomic E-state index is 12.2. The second-order valence-corrected chi connectivity index (χ2v) is 9.41. The summed E-state index contributed by atoms with van der Waals surface area (Å²) in [4.78, 5) is 2.53. The molecule has 0 amide bonds. The highest BCUT2D eigenvalue weighted by Crippen LogP contribution is 2.44. The van der Waals surface area contributed by atoms with E-state index in [1.165, 1.54) is 4.31 Å². The highest BCUT2D eigenvalue weighted by Gasteiger charge is 2.47. The summed E-state index contributed by atoms with van der Waals surface area (Å²) in [5.74, 6) is 0. The van der Waals surface area contributed by atoms with Crippen LogP contribution in [0.1, 0.15) is 33.1 Å². The lowest BCUT2D eigenvalue weighted by Gasteiger charge is -2.39. The molecule has 2 heterocycles. The minimum Gasteiger partial charge on any atom is -0.383 e. The van der Waals surface area contributed by atoms with Crippen LogP contribution in [0.5, 0.6) is 0 Å². The Labute approximate surface area is 135 Å². The number of likely N-dealkylation sites (tertiary alicyclic amines) is 1. The Balaban J connectivity index is 2.04. The molecule has 0 bridgehead atoms. The lowest BCUT2D eigenvalue weighted by Crippen LogP contribution is -2.48. The normalized spacial score (nSPS) is 27.3. The molecule has 2 aliphatic heterocycles. The predicted molar refractivity (Wildman–Crippen MR) is 88.0 cm³/mol. The highest BCUT2D eigenvalue weighted by molar-refractivity contribution is 7.86. The summed E-state index contributed by atoms with van der Waals surface area (Å²) in [6, 6.07) is 0.963. The molecule has 22 heavy (non-hydrogen) atoms. The number of piperidine rings is 1. The largest absolute Gasteiger partial charge is 0.383 e. The van der Waals surface area contributed by atoms with E-state index in [1.807, 2.05) is 0 Å². The van der Waals surface area contributed by atoms with Crippen molar-refractivity contribution in [3.63, 3.8) is 0 Å².